The molecular formula is C23H24O3. The summed E-state index contributed by atoms with van der Waals surface area (Å²) in [6.45, 7) is 2.58. The van der Waals surface area contributed by atoms with Crippen molar-refractivity contribution in [3.63, 3.8) is 0 Å². The molecule has 26 heavy (non-hydrogen) atoms. The number of fused-ring (bicyclic) bond motifs is 3. The van der Waals surface area contributed by atoms with Gasteiger partial charge in [0.25, 0.3) is 0 Å². The van der Waals surface area contributed by atoms with Crippen molar-refractivity contribution >= 4 is 22.5 Å². The number of carbonyl (C=O) groups is 2. The number of unbranched alkanes of at least 4 members (excludes halogenated alkanes) is 2. The predicted molar refractivity (Wildman–Crippen MR) is 102 cm³/mol. The molecule has 3 unspecified atom stereocenters. The Morgan fingerprint density at radius 3 is 2.69 bits per heavy atom. The lowest BCUT2D eigenvalue weighted by Gasteiger charge is -2.22. The lowest BCUT2D eigenvalue weighted by Crippen LogP contribution is -2.16. The molecule has 2 aliphatic rings. The highest BCUT2D eigenvalue weighted by Gasteiger charge is 2.45. The van der Waals surface area contributed by atoms with Crippen molar-refractivity contribution in [1.29, 1.82) is 0 Å². The van der Waals surface area contributed by atoms with Gasteiger partial charge in [-0.25, -0.2) is 4.79 Å². The molecule has 1 fully saturated rings. The Labute approximate surface area is 154 Å². The number of ketones is 1. The van der Waals surface area contributed by atoms with Crippen molar-refractivity contribution in [3.8, 4) is 0 Å². The van der Waals surface area contributed by atoms with Crippen molar-refractivity contribution in [3.05, 3.63) is 59.7 Å². The van der Waals surface area contributed by atoms with Crippen molar-refractivity contribution in [2.24, 2.45) is 11.8 Å². The van der Waals surface area contributed by atoms with Gasteiger partial charge in [0.2, 0.25) is 0 Å². The number of ether oxygens (including phenoxy) is 1. The molecule has 134 valence electrons. The van der Waals surface area contributed by atoms with Crippen molar-refractivity contribution < 1.29 is 14.3 Å². The summed E-state index contributed by atoms with van der Waals surface area (Å²) >= 11 is 0. The Balaban J connectivity index is 1.72. The lowest BCUT2D eigenvalue weighted by atomic mass is 9.81. The first-order valence-electron chi connectivity index (χ1n) is 9.61. The third-order valence-electron chi connectivity index (χ3n) is 5.73. The first kappa shape index (κ1) is 17.0. The molecule has 4 rings (SSSR count). The number of esters is 1. The number of Topliss-reactive ketones (excluding diaryl/α,β-unsaturated/α-hetero) is 1. The van der Waals surface area contributed by atoms with Gasteiger partial charge in [-0.05, 0) is 41.2 Å². The fraction of sp³-hybridized carbons (Fsp3) is 0.391. The van der Waals surface area contributed by atoms with Crippen LogP contribution in [0.25, 0.3) is 10.8 Å². The molecule has 2 aromatic rings. The van der Waals surface area contributed by atoms with Crippen molar-refractivity contribution in [2.75, 3.05) is 6.61 Å². The number of hydrogen-bond donors (Lipinski definition) is 0. The van der Waals surface area contributed by atoms with E-state index < -0.39 is 0 Å². The molecule has 0 saturated heterocycles. The average Bonchev–Trinajstić information content (AvgIpc) is 3.18. The smallest absolute Gasteiger partial charge is 0.338 e. The summed E-state index contributed by atoms with van der Waals surface area (Å²) < 4.78 is 5.54. The zero-order chi connectivity index (χ0) is 18.1. The first-order chi connectivity index (χ1) is 12.7. The Morgan fingerprint density at radius 1 is 1.12 bits per heavy atom. The standard InChI is InChI=1S/C23H24O3/c1-2-3-6-13-26-23(25)19-12-9-15-7-4-5-8-17(15)21(19)20-14-16-10-11-18(20)22(16)24/h4-5,7-12,16,18,20H,2-3,6,13-14H2,1H3. The van der Waals surface area contributed by atoms with Crippen LogP contribution in [0.4, 0.5) is 0 Å². The van der Waals surface area contributed by atoms with Gasteiger partial charge < -0.3 is 4.74 Å². The van der Waals surface area contributed by atoms with E-state index in [1.54, 1.807) is 0 Å². The summed E-state index contributed by atoms with van der Waals surface area (Å²) in [6, 6.07) is 12.0. The maximum absolute atomic E-state index is 12.8. The summed E-state index contributed by atoms with van der Waals surface area (Å²) in [5.74, 6) is 0.0166. The van der Waals surface area contributed by atoms with E-state index in [1.807, 2.05) is 36.4 Å². The molecule has 0 aromatic heterocycles. The predicted octanol–water partition coefficient (Wildman–Crippen LogP) is 5.05. The first-order valence-corrected chi connectivity index (χ1v) is 9.61. The molecule has 0 heterocycles. The van der Waals surface area contributed by atoms with Crippen LogP contribution in [0, 0.1) is 11.8 Å². The normalized spacial score (nSPS) is 23.7. The molecule has 1 saturated carbocycles. The fourth-order valence-corrected chi connectivity index (χ4v) is 4.40. The van der Waals surface area contributed by atoms with Crippen LogP contribution in [0.5, 0.6) is 0 Å². The van der Waals surface area contributed by atoms with Crippen molar-refractivity contribution in [1.82, 2.24) is 0 Å². The molecule has 2 aromatic carbocycles. The average molecular weight is 348 g/mol. The summed E-state index contributed by atoms with van der Waals surface area (Å²) in [7, 11) is 0. The minimum absolute atomic E-state index is 0.0115. The maximum atomic E-state index is 12.8. The van der Waals surface area contributed by atoms with E-state index in [2.05, 4.69) is 19.1 Å². The van der Waals surface area contributed by atoms with Crippen LogP contribution in [0.2, 0.25) is 0 Å². The van der Waals surface area contributed by atoms with Crippen LogP contribution >= 0.6 is 0 Å². The molecule has 2 bridgehead atoms. The van der Waals surface area contributed by atoms with E-state index in [-0.39, 0.29) is 23.7 Å². The van der Waals surface area contributed by atoms with Crippen molar-refractivity contribution in [2.45, 2.75) is 38.5 Å². The third-order valence-corrected chi connectivity index (χ3v) is 5.73. The summed E-state index contributed by atoms with van der Waals surface area (Å²) in [6.07, 6.45) is 7.89. The Morgan fingerprint density at radius 2 is 1.96 bits per heavy atom. The quantitative estimate of drug-likeness (QED) is 0.417. The maximum Gasteiger partial charge on any atom is 0.338 e. The Kier molecular flexibility index (Phi) is 4.62. The molecule has 0 amide bonds. The van der Waals surface area contributed by atoms with Gasteiger partial charge in [0.05, 0.1) is 12.2 Å². The van der Waals surface area contributed by atoms with Crippen LogP contribution in [-0.4, -0.2) is 18.4 Å². The van der Waals surface area contributed by atoms with E-state index in [0.717, 1.165) is 42.0 Å². The van der Waals surface area contributed by atoms with E-state index in [9.17, 15) is 9.59 Å². The van der Waals surface area contributed by atoms with Crippen LogP contribution in [0.3, 0.4) is 0 Å². The minimum atomic E-state index is -0.263. The van der Waals surface area contributed by atoms with E-state index in [4.69, 9.17) is 4.74 Å². The van der Waals surface area contributed by atoms with E-state index in [1.165, 1.54) is 0 Å². The second-order valence-corrected chi connectivity index (χ2v) is 7.35. The molecule has 2 aliphatic carbocycles. The van der Waals surface area contributed by atoms with Crippen LogP contribution < -0.4 is 0 Å². The van der Waals surface area contributed by atoms with Gasteiger partial charge in [-0.3, -0.25) is 4.79 Å². The zero-order valence-electron chi connectivity index (χ0n) is 15.1. The fourth-order valence-electron chi connectivity index (χ4n) is 4.40. The molecule has 0 aliphatic heterocycles. The SMILES string of the molecule is CCCCCOC(=O)c1ccc2ccccc2c1C1CC2C=CC1C2=O. The highest BCUT2D eigenvalue weighted by Crippen LogP contribution is 2.49. The topological polar surface area (TPSA) is 43.4 Å². The van der Waals surface area contributed by atoms with Crippen LogP contribution in [0.15, 0.2) is 48.6 Å². The summed E-state index contributed by atoms with van der Waals surface area (Å²) in [5, 5.41) is 2.17. The highest BCUT2D eigenvalue weighted by molar-refractivity contribution is 6.01. The molecule has 0 spiro atoms. The number of carbonyl (C=O) groups excluding carboxylic acids is 2. The van der Waals surface area contributed by atoms with E-state index in [0.29, 0.717) is 18.0 Å². The molecule has 0 radical (unpaired) electrons. The van der Waals surface area contributed by atoms with Gasteiger partial charge in [0, 0.05) is 11.8 Å². The van der Waals surface area contributed by atoms with Crippen LogP contribution in [0.1, 0.15) is 54.4 Å². The van der Waals surface area contributed by atoms with Gasteiger partial charge in [-0.1, -0.05) is 62.2 Å². The van der Waals surface area contributed by atoms with Gasteiger partial charge in [0.1, 0.15) is 5.78 Å². The Bertz CT molecular complexity index is 880. The Hall–Kier alpha value is -2.42. The molecule has 3 atom stereocenters. The number of rotatable bonds is 6. The minimum Gasteiger partial charge on any atom is -0.462 e. The van der Waals surface area contributed by atoms with Gasteiger partial charge >= 0.3 is 5.97 Å². The largest absolute Gasteiger partial charge is 0.462 e. The lowest BCUT2D eigenvalue weighted by molar-refractivity contribution is -0.120. The van der Waals surface area contributed by atoms with Gasteiger partial charge in [-0.2, -0.15) is 0 Å². The zero-order valence-corrected chi connectivity index (χ0v) is 15.1. The molecule has 0 N–H and O–H groups in total. The summed E-state index contributed by atoms with van der Waals surface area (Å²) in [4.78, 5) is 25.2. The third kappa shape index (κ3) is 2.86. The number of benzene rings is 2. The van der Waals surface area contributed by atoms with Crippen LogP contribution in [-0.2, 0) is 9.53 Å². The number of hydrogen-bond acceptors (Lipinski definition) is 3. The van der Waals surface area contributed by atoms with E-state index >= 15 is 0 Å². The van der Waals surface area contributed by atoms with Gasteiger partial charge in [-0.15, -0.1) is 0 Å². The molecule has 3 nitrogen and oxygen atoms in total. The highest BCUT2D eigenvalue weighted by atomic mass is 16.5. The second kappa shape index (κ2) is 7.06. The molecular weight excluding hydrogens is 324 g/mol. The number of allylic oxidation sites excluding steroid dienone is 2. The van der Waals surface area contributed by atoms with Gasteiger partial charge in [0.15, 0.2) is 0 Å². The monoisotopic (exact) mass is 348 g/mol. The molecule has 3 heteroatoms. The second-order valence-electron chi connectivity index (χ2n) is 7.35. The summed E-state index contributed by atoms with van der Waals surface area (Å²) in [5.41, 5.74) is 1.62.